The van der Waals surface area contributed by atoms with Crippen molar-refractivity contribution in [2.75, 3.05) is 0 Å². The van der Waals surface area contributed by atoms with Gasteiger partial charge in [0.1, 0.15) is 17.3 Å². The summed E-state index contributed by atoms with van der Waals surface area (Å²) in [6.45, 7) is 28.1. The maximum atomic E-state index is 13.5. The molecule has 2 N–H and O–H groups in total. The van der Waals surface area contributed by atoms with Crippen LogP contribution < -0.4 is 0 Å². The molecule has 204 valence electrons. The Morgan fingerprint density at radius 1 is 0.838 bits per heavy atom. The zero-order valence-electron chi connectivity index (χ0n) is 25.1. The molecule has 0 fully saturated rings. The first-order chi connectivity index (χ1) is 16.1. The minimum absolute atomic E-state index is 0. The molecule has 0 spiro atoms. The lowest BCUT2D eigenvalue weighted by molar-refractivity contribution is -0.113. The predicted octanol–water partition coefficient (Wildman–Crippen LogP) is 8.34. The van der Waals surface area contributed by atoms with Crippen molar-refractivity contribution in [3.8, 4) is 0 Å². The summed E-state index contributed by atoms with van der Waals surface area (Å²) in [6, 6.07) is 0. The van der Waals surface area contributed by atoms with E-state index in [-0.39, 0.29) is 38.7 Å². The van der Waals surface area contributed by atoms with Crippen LogP contribution in [0.3, 0.4) is 0 Å². The van der Waals surface area contributed by atoms with Gasteiger partial charge in [-0.1, -0.05) is 83.1 Å². The number of ether oxygens (including phenoxy) is 1. The number of aliphatic hydroxyl groups excluding tert-OH is 1. The van der Waals surface area contributed by atoms with Crippen molar-refractivity contribution in [3.05, 3.63) is 68.3 Å². The summed E-state index contributed by atoms with van der Waals surface area (Å²) in [5.41, 5.74) is 3.42. The number of aliphatic hydroxyl groups is 1. The second kappa shape index (κ2) is 9.81. The summed E-state index contributed by atoms with van der Waals surface area (Å²) >= 11 is 1.86. The monoisotopic (exact) mass is 526 g/mol. The molecule has 0 aromatic heterocycles. The fourth-order valence-electron chi connectivity index (χ4n) is 4.42. The van der Waals surface area contributed by atoms with Gasteiger partial charge >= 0.3 is 0 Å². The summed E-state index contributed by atoms with van der Waals surface area (Å²) in [6.07, 6.45) is 6.49. The van der Waals surface area contributed by atoms with Crippen LogP contribution in [0.25, 0.3) is 0 Å². The smallest absolute Gasteiger partial charge is 0.216 e. The number of carbonyl (C=O) groups is 1. The molecule has 0 unspecified atom stereocenters. The van der Waals surface area contributed by atoms with Gasteiger partial charge in [-0.3, -0.25) is 4.79 Å². The first-order valence-electron chi connectivity index (χ1n) is 12.9. The van der Waals surface area contributed by atoms with Crippen LogP contribution >= 0.6 is 0 Å². The number of Topliss-reactive ketones (excluding diaryl/α,β-unsaturated/α-hetero) is 1. The highest BCUT2D eigenvalue weighted by atomic mass is 32.1. The fraction of sp³-hybridized carbons (Fsp3) is 0.562. The molecule has 0 bridgehead atoms. The van der Waals surface area contributed by atoms with Crippen LogP contribution in [-0.2, 0) is 20.9 Å². The molecule has 3 aliphatic rings. The first kappa shape index (κ1) is 31.0. The Morgan fingerprint density at radius 2 is 1.32 bits per heavy atom. The molecule has 3 rings (SSSR count). The average molecular weight is 527 g/mol. The van der Waals surface area contributed by atoms with E-state index >= 15 is 0 Å². The van der Waals surface area contributed by atoms with E-state index in [0.29, 0.717) is 17.6 Å². The summed E-state index contributed by atoms with van der Waals surface area (Å²) in [5.74, 6) is 1.74. The summed E-state index contributed by atoms with van der Waals surface area (Å²) < 4.78 is 6.25. The zero-order valence-corrected chi connectivity index (χ0v) is 25.9. The molecule has 5 heteroatoms. The summed E-state index contributed by atoms with van der Waals surface area (Å²) in [7, 11) is 0. The Bertz CT molecular complexity index is 1180. The number of rotatable bonds is 1. The van der Waals surface area contributed by atoms with Gasteiger partial charge in [-0.2, -0.15) is 0 Å². The zero-order chi connectivity index (χ0) is 27.6. The van der Waals surface area contributed by atoms with E-state index in [1.165, 1.54) is 9.77 Å². The molecule has 0 saturated carbocycles. The van der Waals surface area contributed by atoms with E-state index in [1.54, 1.807) is 0 Å². The van der Waals surface area contributed by atoms with Gasteiger partial charge in [0.15, 0.2) is 4.86 Å². The normalized spacial score (nSPS) is 21.6. The van der Waals surface area contributed by atoms with Crippen molar-refractivity contribution in [1.29, 1.82) is 0 Å². The Kier molecular flexibility index (Phi) is 8.22. The Morgan fingerprint density at radius 3 is 1.70 bits per heavy atom. The van der Waals surface area contributed by atoms with E-state index in [4.69, 9.17) is 4.74 Å². The summed E-state index contributed by atoms with van der Waals surface area (Å²) in [5, 5.41) is 11.2. The van der Waals surface area contributed by atoms with E-state index in [2.05, 4.69) is 90.0 Å². The third-order valence-corrected chi connectivity index (χ3v) is 8.87. The largest absolute Gasteiger partial charge is 0.870 e. The molecule has 0 atom stereocenters. The van der Waals surface area contributed by atoms with Gasteiger partial charge in [0.25, 0.3) is 0 Å². The number of hydrogen-bond donors (Lipinski definition) is 1. The second-order valence-electron chi connectivity index (χ2n) is 14.4. The van der Waals surface area contributed by atoms with Gasteiger partial charge in [-0.05, 0) is 36.3 Å². The Hall–Kier alpha value is -2.24. The first-order valence-corrected chi connectivity index (χ1v) is 13.7. The van der Waals surface area contributed by atoms with Crippen LogP contribution in [0, 0.1) is 21.7 Å². The third kappa shape index (κ3) is 6.26. The quantitative estimate of drug-likeness (QED) is 0.212. The van der Waals surface area contributed by atoms with Crippen LogP contribution in [-0.4, -0.2) is 21.2 Å². The van der Waals surface area contributed by atoms with Crippen LogP contribution in [0.4, 0.5) is 0 Å². The van der Waals surface area contributed by atoms with Gasteiger partial charge in [0.05, 0.1) is 11.1 Å². The lowest BCUT2D eigenvalue weighted by Gasteiger charge is -2.33. The number of carbonyl (C=O) groups excluding carboxylic acids is 1. The molecule has 4 nitrogen and oxygen atoms in total. The maximum absolute atomic E-state index is 13.5. The second-order valence-corrected chi connectivity index (χ2v) is 15.5. The number of hydrogen-bond acceptors (Lipinski definition) is 4. The Balaban J connectivity index is 0.00000481. The fourth-order valence-corrected chi connectivity index (χ4v) is 5.77. The molecule has 0 amide bonds. The molecular formula is C32H46O4S. The van der Waals surface area contributed by atoms with Gasteiger partial charge in [0, 0.05) is 33.7 Å². The molecule has 2 aliphatic heterocycles. The molecule has 0 radical (unpaired) electrons. The maximum Gasteiger partial charge on any atom is 0.216 e. The van der Waals surface area contributed by atoms with Crippen LogP contribution in [0.15, 0.2) is 68.3 Å². The van der Waals surface area contributed by atoms with E-state index < -0.39 is 0 Å². The van der Waals surface area contributed by atoms with E-state index in [0.717, 1.165) is 28.2 Å². The predicted molar refractivity (Wildman–Crippen MR) is 156 cm³/mol. The van der Waals surface area contributed by atoms with Crippen molar-refractivity contribution < 1.29 is 20.1 Å². The van der Waals surface area contributed by atoms with E-state index in [1.807, 2.05) is 29.6 Å². The van der Waals surface area contributed by atoms with Gasteiger partial charge in [-0.15, -0.1) is 0 Å². The van der Waals surface area contributed by atoms with Gasteiger partial charge < -0.3 is 15.3 Å². The minimum Gasteiger partial charge on any atom is -0.870 e. The highest BCUT2D eigenvalue weighted by Gasteiger charge is 2.44. The molecule has 1 aliphatic carbocycles. The third-order valence-electron chi connectivity index (χ3n) is 6.74. The molecule has 0 saturated heterocycles. The average Bonchev–Trinajstić information content (AvgIpc) is 2.70. The number of ketones is 1. The van der Waals surface area contributed by atoms with Crippen LogP contribution in [0.1, 0.15) is 96.4 Å². The minimum atomic E-state index is -0.179. The standard InChI is InChI=1S/C32H44O3S.H2O/c1-18-20(17-24(31(8,9)10)36-28(18)32(11,12)13)25-26(33)21(27(25)34)14-19-15-22(29(2,3)4)35-23(16-19)30(5,6)7;/h14-16H,17H2,1-13H3;1H2. The molecule has 37 heavy (non-hydrogen) atoms. The van der Waals surface area contributed by atoms with Crippen molar-refractivity contribution in [1.82, 2.24) is 0 Å². The highest BCUT2D eigenvalue weighted by molar-refractivity contribution is 7.83. The van der Waals surface area contributed by atoms with Crippen molar-refractivity contribution in [3.63, 3.8) is 0 Å². The van der Waals surface area contributed by atoms with Gasteiger partial charge in [-0.25, -0.2) is 0 Å². The summed E-state index contributed by atoms with van der Waals surface area (Å²) in [4.78, 5) is 16.1. The molecule has 0 aromatic rings. The molecule has 2 heterocycles. The van der Waals surface area contributed by atoms with Crippen LogP contribution in [0.5, 0.6) is 0 Å². The van der Waals surface area contributed by atoms with Crippen molar-refractivity contribution in [2.24, 2.45) is 21.7 Å². The number of allylic oxidation sites excluding steroid dienone is 11. The lowest BCUT2D eigenvalue weighted by atomic mass is 9.76. The van der Waals surface area contributed by atoms with Gasteiger partial charge in [0.2, 0.25) is 22.0 Å². The van der Waals surface area contributed by atoms with E-state index in [9.17, 15) is 9.90 Å². The highest BCUT2D eigenvalue weighted by Crippen LogP contribution is 2.44. The van der Waals surface area contributed by atoms with Crippen molar-refractivity contribution in [2.45, 2.75) is 96.4 Å². The lowest BCUT2D eigenvalue weighted by Crippen LogP contribution is -2.31. The topological polar surface area (TPSA) is 76.5 Å². The van der Waals surface area contributed by atoms with Crippen molar-refractivity contribution >= 4 is 22.0 Å². The van der Waals surface area contributed by atoms with Crippen LogP contribution in [0.2, 0.25) is 0 Å². The molecular weight excluding hydrogens is 480 g/mol. The SMILES string of the molecule is CC1=C(C(C)(C)C)[S+]=C(C(C)(C)C)CC1=C1C(=O)C(C=C2C=C(C(C)(C)C)OC(C(C)(C)C)=C2)=C1O.[OH-]. The molecule has 0 aromatic carbocycles. The Labute approximate surface area is 228 Å².